The highest BCUT2D eigenvalue weighted by atomic mass is 32.1. The lowest BCUT2D eigenvalue weighted by Crippen LogP contribution is -2.44. The van der Waals surface area contributed by atoms with Crippen molar-refractivity contribution in [2.75, 3.05) is 0 Å². The van der Waals surface area contributed by atoms with Gasteiger partial charge in [0.25, 0.3) is 0 Å². The van der Waals surface area contributed by atoms with Gasteiger partial charge in [0, 0.05) is 9.75 Å². The highest BCUT2D eigenvalue weighted by Crippen LogP contribution is 2.46. The van der Waals surface area contributed by atoms with E-state index in [9.17, 15) is 26.3 Å². The maximum atomic E-state index is 12.5. The normalized spacial score (nSPS) is 15.2. The summed E-state index contributed by atoms with van der Waals surface area (Å²) >= 11 is 1.12. The Balaban J connectivity index is 3.19. The quantitative estimate of drug-likeness (QED) is 0.815. The summed E-state index contributed by atoms with van der Waals surface area (Å²) in [7, 11) is 0. The van der Waals surface area contributed by atoms with Crippen LogP contribution in [0, 0.1) is 19.8 Å². The van der Waals surface area contributed by atoms with Gasteiger partial charge >= 0.3 is 12.4 Å². The van der Waals surface area contributed by atoms with Crippen LogP contribution >= 0.6 is 11.3 Å². The minimum absolute atomic E-state index is 0.0999. The summed E-state index contributed by atoms with van der Waals surface area (Å²) in [6.45, 7) is 3.06. The second-order valence-electron chi connectivity index (χ2n) is 3.96. The Morgan fingerprint density at radius 3 is 1.78 bits per heavy atom. The first kappa shape index (κ1) is 15.3. The molecule has 0 bridgehead atoms. The van der Waals surface area contributed by atoms with E-state index in [0.29, 0.717) is 9.75 Å². The van der Waals surface area contributed by atoms with Gasteiger partial charge in [-0.3, -0.25) is 0 Å². The van der Waals surface area contributed by atoms with Crippen molar-refractivity contribution in [3.8, 4) is 0 Å². The number of hydrogen-bond acceptors (Lipinski definition) is 2. The number of aryl methyl sites for hydroxylation is 2. The smallest absolute Gasteiger partial charge is 0.323 e. The Kier molecular flexibility index (Phi) is 4.02. The second kappa shape index (κ2) is 4.73. The molecule has 2 N–H and O–H groups in total. The van der Waals surface area contributed by atoms with E-state index in [1.807, 2.05) is 0 Å². The molecule has 1 nitrogen and oxygen atoms in total. The van der Waals surface area contributed by atoms with Crippen molar-refractivity contribution in [2.45, 2.75) is 32.2 Å². The Labute approximate surface area is 104 Å². The molecule has 0 spiro atoms. The van der Waals surface area contributed by atoms with Gasteiger partial charge in [0.1, 0.15) is 0 Å². The molecule has 104 valence electrons. The highest BCUT2D eigenvalue weighted by molar-refractivity contribution is 7.12. The first-order valence-electron chi connectivity index (χ1n) is 4.90. The van der Waals surface area contributed by atoms with E-state index in [1.165, 1.54) is 13.0 Å². The first-order chi connectivity index (χ1) is 7.94. The van der Waals surface area contributed by atoms with Crippen LogP contribution in [0.25, 0.3) is 0 Å². The van der Waals surface area contributed by atoms with Crippen LogP contribution in [0.3, 0.4) is 0 Å². The molecule has 0 saturated heterocycles. The number of thiophene rings is 1. The lowest BCUT2D eigenvalue weighted by atomic mass is 9.93. The molecule has 1 heterocycles. The summed E-state index contributed by atoms with van der Waals surface area (Å²) in [5.41, 5.74) is 5.09. The van der Waals surface area contributed by atoms with Crippen LogP contribution in [-0.2, 0) is 0 Å². The van der Waals surface area contributed by atoms with Crippen LogP contribution in [0.5, 0.6) is 0 Å². The van der Waals surface area contributed by atoms with Crippen LogP contribution in [0.4, 0.5) is 26.3 Å². The maximum Gasteiger partial charge on any atom is 0.402 e. The van der Waals surface area contributed by atoms with E-state index in [4.69, 9.17) is 5.73 Å². The average molecular weight is 291 g/mol. The molecule has 1 aromatic rings. The summed E-state index contributed by atoms with van der Waals surface area (Å²) in [6, 6.07) is -0.857. The van der Waals surface area contributed by atoms with Crippen LogP contribution in [0.15, 0.2) is 6.07 Å². The Bertz CT molecular complexity index is 405. The van der Waals surface area contributed by atoms with Crippen molar-refractivity contribution in [2.24, 2.45) is 11.7 Å². The predicted molar refractivity (Wildman–Crippen MR) is 56.3 cm³/mol. The molecule has 1 unspecified atom stereocenters. The number of nitrogens with two attached hydrogens (primary N) is 1. The Morgan fingerprint density at radius 1 is 1.06 bits per heavy atom. The molecule has 0 aliphatic carbocycles. The van der Waals surface area contributed by atoms with Gasteiger partial charge < -0.3 is 5.73 Å². The molecular weight excluding hydrogens is 280 g/mol. The van der Waals surface area contributed by atoms with E-state index in [2.05, 4.69) is 0 Å². The highest BCUT2D eigenvalue weighted by Gasteiger charge is 2.59. The molecule has 0 aliphatic rings. The van der Waals surface area contributed by atoms with Crippen molar-refractivity contribution < 1.29 is 26.3 Å². The number of halogens is 6. The number of hydrogen-bond donors (Lipinski definition) is 1. The molecule has 0 fully saturated rings. The van der Waals surface area contributed by atoms with Crippen LogP contribution < -0.4 is 5.73 Å². The third-order valence-electron chi connectivity index (χ3n) is 2.50. The molecule has 0 amide bonds. The fourth-order valence-electron chi connectivity index (χ4n) is 1.75. The van der Waals surface area contributed by atoms with Gasteiger partial charge in [-0.05, 0) is 25.5 Å². The summed E-state index contributed by atoms with van der Waals surface area (Å²) in [5, 5.41) is 0. The van der Waals surface area contributed by atoms with Crippen molar-refractivity contribution >= 4 is 11.3 Å². The van der Waals surface area contributed by atoms with Crippen molar-refractivity contribution in [3.63, 3.8) is 0 Å². The Hall–Kier alpha value is -0.760. The standard InChI is InChI=1S/C10H11F6NS/c1-4-3-6(5(2)18-4)7(17)8(9(11,12)13)10(14,15)16/h3,7-8H,17H2,1-2H3. The van der Waals surface area contributed by atoms with E-state index < -0.39 is 24.3 Å². The van der Waals surface area contributed by atoms with Crippen molar-refractivity contribution in [1.29, 1.82) is 0 Å². The zero-order valence-corrected chi connectivity index (χ0v) is 10.3. The zero-order valence-electron chi connectivity index (χ0n) is 9.49. The lowest BCUT2D eigenvalue weighted by Gasteiger charge is -2.28. The molecule has 1 atom stereocenters. The van der Waals surface area contributed by atoms with Crippen molar-refractivity contribution in [3.05, 3.63) is 21.4 Å². The third kappa shape index (κ3) is 3.17. The molecule has 0 radical (unpaired) electrons. The van der Waals surface area contributed by atoms with Gasteiger partial charge in [0.15, 0.2) is 5.92 Å². The summed E-state index contributed by atoms with van der Waals surface area (Å²) in [5.74, 6) is -3.54. The van der Waals surface area contributed by atoms with Crippen LogP contribution in [-0.4, -0.2) is 12.4 Å². The van der Waals surface area contributed by atoms with E-state index in [-0.39, 0.29) is 5.56 Å². The largest absolute Gasteiger partial charge is 0.402 e. The van der Waals surface area contributed by atoms with E-state index in [0.717, 1.165) is 11.3 Å². The topological polar surface area (TPSA) is 26.0 Å². The minimum atomic E-state index is -5.42. The van der Waals surface area contributed by atoms with Gasteiger partial charge in [-0.15, -0.1) is 11.3 Å². The van der Waals surface area contributed by atoms with Crippen molar-refractivity contribution in [1.82, 2.24) is 0 Å². The molecule has 0 aromatic carbocycles. The van der Waals surface area contributed by atoms with Crippen LogP contribution in [0.2, 0.25) is 0 Å². The van der Waals surface area contributed by atoms with Gasteiger partial charge in [0.2, 0.25) is 0 Å². The van der Waals surface area contributed by atoms with Gasteiger partial charge in [-0.25, -0.2) is 0 Å². The van der Waals surface area contributed by atoms with E-state index in [1.54, 1.807) is 6.92 Å². The molecule has 0 aliphatic heterocycles. The molecule has 0 saturated carbocycles. The van der Waals surface area contributed by atoms with E-state index >= 15 is 0 Å². The first-order valence-corrected chi connectivity index (χ1v) is 5.72. The summed E-state index contributed by atoms with van der Waals surface area (Å²) < 4.78 is 75.0. The van der Waals surface area contributed by atoms with Gasteiger partial charge in [-0.2, -0.15) is 26.3 Å². The SMILES string of the molecule is Cc1cc(C(N)C(C(F)(F)F)C(F)(F)F)c(C)s1. The fraction of sp³-hybridized carbons (Fsp3) is 0.600. The number of alkyl halides is 6. The monoisotopic (exact) mass is 291 g/mol. The minimum Gasteiger partial charge on any atom is -0.323 e. The predicted octanol–water partition coefficient (Wildman–Crippen LogP) is 4.11. The average Bonchev–Trinajstić information content (AvgIpc) is 2.39. The second-order valence-corrected chi connectivity index (χ2v) is 5.42. The molecule has 1 rings (SSSR count). The maximum absolute atomic E-state index is 12.5. The zero-order chi connectivity index (χ0) is 14.3. The van der Waals surface area contributed by atoms with Gasteiger partial charge in [-0.1, -0.05) is 0 Å². The summed E-state index contributed by atoms with van der Waals surface area (Å²) in [4.78, 5) is 1.000. The molecule has 18 heavy (non-hydrogen) atoms. The van der Waals surface area contributed by atoms with Gasteiger partial charge in [0.05, 0.1) is 6.04 Å². The van der Waals surface area contributed by atoms with Crippen LogP contribution in [0.1, 0.15) is 21.4 Å². The number of rotatable bonds is 2. The summed E-state index contributed by atoms with van der Waals surface area (Å²) in [6.07, 6.45) is -10.8. The molecular formula is C10H11F6NS. The fourth-order valence-corrected chi connectivity index (χ4v) is 2.74. The lowest BCUT2D eigenvalue weighted by molar-refractivity contribution is -0.290. The molecule has 1 aromatic heterocycles. The third-order valence-corrected chi connectivity index (χ3v) is 3.48. The Morgan fingerprint density at radius 2 is 1.50 bits per heavy atom. The molecule has 8 heteroatoms.